The molecule has 2 N–H and O–H groups in total. The smallest absolute Gasteiger partial charge is 0.376 e. The van der Waals surface area contributed by atoms with E-state index in [-0.39, 0.29) is 35.2 Å². The predicted molar refractivity (Wildman–Crippen MR) is 157 cm³/mol. The lowest BCUT2D eigenvalue weighted by molar-refractivity contribution is 0.00313. The quantitative estimate of drug-likeness (QED) is 0.398. The van der Waals surface area contributed by atoms with Gasteiger partial charge in [0.05, 0.1) is 24.0 Å². The Balaban J connectivity index is 0.000000174. The van der Waals surface area contributed by atoms with Gasteiger partial charge in [0.25, 0.3) is 0 Å². The van der Waals surface area contributed by atoms with Crippen LogP contribution in [0.4, 0.5) is 0 Å². The molecule has 0 aromatic heterocycles. The van der Waals surface area contributed by atoms with Crippen LogP contribution in [0, 0.1) is 0 Å². The second kappa shape index (κ2) is 12.0. The van der Waals surface area contributed by atoms with E-state index in [2.05, 4.69) is 37.2 Å². The summed E-state index contributed by atoms with van der Waals surface area (Å²) in [5, 5.41) is 12.9. The van der Waals surface area contributed by atoms with Gasteiger partial charge in [0, 0.05) is 21.8 Å². The van der Waals surface area contributed by atoms with E-state index in [0.717, 1.165) is 66.6 Å². The maximum absolute atomic E-state index is 12.4. The molecule has 4 aliphatic heterocycles. The molecule has 2 aromatic rings. The largest absolute Gasteiger partial charge is 0.486 e. The second-order valence-corrected chi connectivity index (χ2v) is 12.3. The Morgan fingerprint density at radius 1 is 0.842 bits per heavy atom. The zero-order valence-electron chi connectivity index (χ0n) is 21.3. The lowest BCUT2D eigenvalue weighted by atomic mass is 9.76. The van der Waals surface area contributed by atoms with E-state index in [1.807, 2.05) is 41.2 Å². The molecule has 4 aliphatic rings. The lowest BCUT2D eigenvalue weighted by Crippen LogP contribution is -2.53. The molecule has 0 amide bonds. The molecule has 0 radical (unpaired) electrons. The van der Waals surface area contributed by atoms with Crippen LogP contribution in [0.2, 0.25) is 6.82 Å². The monoisotopic (exact) mass is 668 g/mol. The van der Waals surface area contributed by atoms with E-state index in [9.17, 15) is 14.6 Å². The van der Waals surface area contributed by atoms with Gasteiger partial charge in [-0.05, 0) is 82.2 Å². The number of hydrogen-bond acceptors (Lipinski definition) is 7. The van der Waals surface area contributed by atoms with Crippen LogP contribution in [0.15, 0.2) is 45.3 Å². The van der Waals surface area contributed by atoms with Crippen LogP contribution in [0.1, 0.15) is 59.2 Å². The molecule has 38 heavy (non-hydrogen) atoms. The fraction of sp³-hybridized carbons (Fsp3) is 0.481. The van der Waals surface area contributed by atoms with E-state index in [1.165, 1.54) is 0 Å². The normalized spacial score (nSPS) is 21.2. The number of fused-ring (bicyclic) bond motifs is 2. The third-order valence-electron chi connectivity index (χ3n) is 7.85. The number of ether oxygens (including phenoxy) is 2. The Kier molecular flexibility index (Phi) is 9.32. The minimum atomic E-state index is -0.435. The van der Waals surface area contributed by atoms with Crippen molar-refractivity contribution in [2.45, 2.75) is 56.6 Å². The van der Waals surface area contributed by atoms with Gasteiger partial charge >= 0.3 is 7.05 Å². The Bertz CT molecular complexity index is 1200. The highest BCUT2D eigenvalue weighted by Crippen LogP contribution is 2.41. The van der Waals surface area contributed by atoms with Gasteiger partial charge in [-0.15, -0.1) is 12.4 Å². The van der Waals surface area contributed by atoms with E-state index >= 15 is 0 Å². The molecule has 11 heteroatoms. The number of halogens is 3. The minimum Gasteiger partial charge on any atom is -0.486 e. The van der Waals surface area contributed by atoms with Crippen LogP contribution in [-0.4, -0.2) is 65.8 Å². The summed E-state index contributed by atoms with van der Waals surface area (Å²) in [6.45, 7) is 5.16. The van der Waals surface area contributed by atoms with Gasteiger partial charge in [-0.2, -0.15) is 0 Å². The molecule has 0 aliphatic carbocycles. The lowest BCUT2D eigenvalue weighted by Gasteiger charge is -2.44. The molecule has 2 aromatic carbocycles. The summed E-state index contributed by atoms with van der Waals surface area (Å²) in [5.74, 6) is 1.79. The maximum atomic E-state index is 12.4. The molecule has 0 saturated carbocycles. The zero-order chi connectivity index (χ0) is 26.2. The second-order valence-electron chi connectivity index (χ2n) is 10.5. The zero-order valence-corrected chi connectivity index (χ0v) is 25.3. The Hall–Kier alpha value is -1.43. The van der Waals surface area contributed by atoms with Crippen molar-refractivity contribution in [1.29, 1.82) is 0 Å². The number of carbonyl (C=O) groups excluding carboxylic acids is 2. The van der Waals surface area contributed by atoms with Crippen molar-refractivity contribution in [3.63, 3.8) is 0 Å². The van der Waals surface area contributed by atoms with Crippen molar-refractivity contribution in [3.05, 3.63) is 56.5 Å². The Morgan fingerprint density at radius 2 is 1.29 bits per heavy atom. The van der Waals surface area contributed by atoms with Gasteiger partial charge in [-0.3, -0.25) is 9.59 Å². The molecular weight excluding hydrogens is 638 g/mol. The molecule has 0 unspecified atom stereocenters. The highest BCUT2D eigenvalue weighted by molar-refractivity contribution is 9.10. The van der Waals surface area contributed by atoms with Crippen LogP contribution in [0.5, 0.6) is 11.5 Å². The van der Waals surface area contributed by atoms with E-state index in [1.54, 1.807) is 6.82 Å². The van der Waals surface area contributed by atoms with Gasteiger partial charge in [-0.25, -0.2) is 0 Å². The molecule has 7 nitrogen and oxygen atoms in total. The van der Waals surface area contributed by atoms with E-state index < -0.39 is 7.05 Å². The molecule has 2 saturated heterocycles. The number of ketones is 2. The Morgan fingerprint density at radius 3 is 1.74 bits per heavy atom. The van der Waals surface area contributed by atoms with Crippen molar-refractivity contribution in [2.75, 3.05) is 26.2 Å². The van der Waals surface area contributed by atoms with Crippen molar-refractivity contribution in [3.8, 4) is 11.5 Å². The topological polar surface area (TPSA) is 88.1 Å². The third-order valence-corrected chi connectivity index (χ3v) is 8.84. The van der Waals surface area contributed by atoms with Gasteiger partial charge < -0.3 is 24.6 Å². The molecule has 204 valence electrons. The third kappa shape index (κ3) is 6.31. The maximum Gasteiger partial charge on any atom is 0.376 e. The SMILES string of the molecule is CB(O)N1CCC2(CC1)CC(=O)c1cc(Br)ccc1O2.Cl.O=C1CC2(CCNCC2)Oc2ccc(Br)cc21. The summed E-state index contributed by atoms with van der Waals surface area (Å²) in [5.41, 5.74) is 0.735. The summed E-state index contributed by atoms with van der Waals surface area (Å²) >= 11 is 6.77. The van der Waals surface area contributed by atoms with Gasteiger partial charge in [0.1, 0.15) is 22.7 Å². The number of piperidine rings is 2. The first-order chi connectivity index (χ1) is 17.7. The van der Waals surface area contributed by atoms with Crippen LogP contribution in [-0.2, 0) is 0 Å². The summed E-state index contributed by atoms with van der Waals surface area (Å²) in [6.07, 6.45) is 4.32. The molecular formula is C27H32BBr2ClN2O5. The summed E-state index contributed by atoms with van der Waals surface area (Å²) in [7, 11) is -0.435. The average molecular weight is 671 g/mol. The first-order valence-corrected chi connectivity index (χ1v) is 14.4. The van der Waals surface area contributed by atoms with Gasteiger partial charge in [0.15, 0.2) is 11.6 Å². The van der Waals surface area contributed by atoms with E-state index in [4.69, 9.17) is 9.47 Å². The molecule has 2 fully saturated rings. The number of carbonyl (C=O) groups is 2. The van der Waals surface area contributed by atoms with Crippen LogP contribution in [0.25, 0.3) is 0 Å². The van der Waals surface area contributed by atoms with Gasteiger partial charge in [0.2, 0.25) is 0 Å². The molecule has 0 atom stereocenters. The predicted octanol–water partition coefficient (Wildman–Crippen LogP) is 5.32. The molecule has 4 heterocycles. The molecule has 2 spiro atoms. The summed E-state index contributed by atoms with van der Waals surface area (Å²) in [4.78, 5) is 26.6. The highest BCUT2D eigenvalue weighted by Gasteiger charge is 2.44. The van der Waals surface area contributed by atoms with E-state index in [0.29, 0.717) is 29.7 Å². The highest BCUT2D eigenvalue weighted by atomic mass is 79.9. The standard InChI is InChI=1S/C14H17BBrNO3.C13H14BrNO2.ClH/c1-15(19)17-6-4-14(5-7-17)9-12(18)11-8-10(16)2-3-13(11)20-14;14-9-1-2-12-10(7-9)11(16)8-13(17-12)3-5-15-6-4-13;/h2-3,8,19H,4-7,9H2,1H3;1-2,7,15H,3-6,8H2;1H. The minimum absolute atomic E-state index is 0. The number of hydrogen-bond donors (Lipinski definition) is 2. The van der Waals surface area contributed by atoms with Crippen LogP contribution < -0.4 is 14.8 Å². The van der Waals surface area contributed by atoms with Crippen molar-refractivity contribution in [1.82, 2.24) is 10.1 Å². The fourth-order valence-corrected chi connectivity index (χ4v) is 6.40. The summed E-state index contributed by atoms with van der Waals surface area (Å²) < 4.78 is 14.1. The first kappa shape index (κ1) is 29.6. The molecule has 6 rings (SSSR count). The number of nitrogens with zero attached hydrogens (tertiary/aromatic N) is 1. The first-order valence-electron chi connectivity index (χ1n) is 12.8. The Labute approximate surface area is 246 Å². The number of benzene rings is 2. The van der Waals surface area contributed by atoms with Crippen molar-refractivity contribution in [2.24, 2.45) is 0 Å². The number of Topliss-reactive ketones (excluding diaryl/α,β-unsaturated/α-hetero) is 2. The van der Waals surface area contributed by atoms with Crippen molar-refractivity contribution >= 4 is 62.9 Å². The number of nitrogens with one attached hydrogen (secondary N) is 1. The average Bonchev–Trinajstić information content (AvgIpc) is 2.86. The number of rotatable bonds is 1. The molecule has 0 bridgehead atoms. The van der Waals surface area contributed by atoms with Gasteiger partial charge in [-0.1, -0.05) is 31.9 Å². The fourth-order valence-electron chi connectivity index (χ4n) is 5.68. The summed E-state index contributed by atoms with van der Waals surface area (Å²) in [6, 6.07) is 11.3. The van der Waals surface area contributed by atoms with Crippen LogP contribution >= 0.6 is 44.3 Å². The van der Waals surface area contributed by atoms with Crippen molar-refractivity contribution < 1.29 is 24.1 Å². The van der Waals surface area contributed by atoms with Crippen LogP contribution in [0.3, 0.4) is 0 Å².